The maximum absolute atomic E-state index is 13.7. The minimum atomic E-state index is -0.0100. The number of amides is 1. The van der Waals surface area contributed by atoms with Crippen molar-refractivity contribution in [3.8, 4) is 40.0 Å². The molecule has 0 spiro atoms. The van der Waals surface area contributed by atoms with Crippen LogP contribution >= 0.6 is 0 Å². The molecule has 1 aliphatic heterocycles. The first-order valence-corrected chi connectivity index (χ1v) is 15.2. The van der Waals surface area contributed by atoms with Crippen molar-refractivity contribution in [1.82, 2.24) is 24.0 Å². The number of benzene rings is 2. The van der Waals surface area contributed by atoms with Gasteiger partial charge in [-0.05, 0) is 85.9 Å². The third kappa shape index (κ3) is 4.16. The molecule has 1 amide bonds. The largest absolute Gasteiger partial charge is 0.508 e. The Labute approximate surface area is 249 Å². The summed E-state index contributed by atoms with van der Waals surface area (Å²) in [5.41, 5.74) is 5.28. The Morgan fingerprint density at radius 3 is 2.47 bits per heavy atom. The van der Waals surface area contributed by atoms with Crippen molar-refractivity contribution in [2.75, 3.05) is 13.7 Å². The number of imidazole rings is 1. The Morgan fingerprint density at radius 2 is 1.79 bits per heavy atom. The van der Waals surface area contributed by atoms with Crippen molar-refractivity contribution >= 4 is 28.0 Å². The topological polar surface area (TPSA) is 106 Å². The summed E-state index contributed by atoms with van der Waals surface area (Å²) in [4.78, 5) is 25.9. The zero-order valence-corrected chi connectivity index (χ0v) is 24.6. The van der Waals surface area contributed by atoms with Crippen LogP contribution in [0.4, 0.5) is 0 Å². The predicted molar refractivity (Wildman–Crippen MR) is 164 cm³/mol. The highest BCUT2D eigenvalue weighted by atomic mass is 16.5. The Kier molecular flexibility index (Phi) is 5.77. The summed E-state index contributed by atoms with van der Waals surface area (Å²) in [5, 5.41) is 21.1. The minimum Gasteiger partial charge on any atom is -0.508 e. The van der Waals surface area contributed by atoms with Crippen LogP contribution in [0.5, 0.6) is 17.2 Å². The lowest BCUT2D eigenvalue weighted by molar-refractivity contribution is 0.0696. The lowest BCUT2D eigenvalue weighted by Crippen LogP contribution is -2.38. The lowest BCUT2D eigenvalue weighted by atomic mass is 10.0. The molecule has 2 aliphatic carbocycles. The molecule has 1 saturated heterocycles. The monoisotopic (exact) mass is 577 g/mol. The number of carbonyl (C=O) groups excluding carboxylic acids is 1. The Hall–Kier alpha value is -4.53. The van der Waals surface area contributed by atoms with Crippen LogP contribution < -0.4 is 4.74 Å². The molecule has 4 heterocycles. The average molecular weight is 578 g/mol. The number of ether oxygens (including phenoxy) is 1. The number of likely N-dealkylation sites (tertiary alicyclic amines) is 1. The van der Waals surface area contributed by atoms with Crippen LogP contribution in [-0.2, 0) is 13.6 Å². The van der Waals surface area contributed by atoms with E-state index in [1.54, 1.807) is 19.2 Å². The van der Waals surface area contributed by atoms with Crippen LogP contribution in [0.1, 0.15) is 43.0 Å². The molecule has 9 heteroatoms. The summed E-state index contributed by atoms with van der Waals surface area (Å²) >= 11 is 0. The predicted octanol–water partition coefficient (Wildman–Crippen LogP) is 5.96. The average Bonchev–Trinajstić information content (AvgIpc) is 3.40. The summed E-state index contributed by atoms with van der Waals surface area (Å²) in [6.45, 7) is 3.92. The van der Waals surface area contributed by atoms with Gasteiger partial charge >= 0.3 is 0 Å². The standard InChI is InChI=1S/C34H35N5O4/c1-18-21-7-9-28(18)39(17-21)34(42)23-12-27-31(30(14-23)43-3)37(2)33(36-27)29-13-20-6-8-26(22-10-24(40)15-25(41)11-22)35-32(20)38(29)16-19-4-5-19/h6,8,10-15,18-19,21,28,40-41H,4-5,7,9,16-17H2,1-3H3/t18-,21?,28?/m1/s1. The molecule has 220 valence electrons. The molecule has 2 saturated carbocycles. The first-order chi connectivity index (χ1) is 20.8. The first-order valence-electron chi connectivity index (χ1n) is 15.2. The second-order valence-electron chi connectivity index (χ2n) is 12.7. The number of aromatic nitrogens is 4. The van der Waals surface area contributed by atoms with Crippen molar-refractivity contribution in [2.45, 2.75) is 45.2 Å². The molecule has 8 rings (SSSR count). The number of nitrogens with zero attached hydrogens (tertiary/aromatic N) is 5. The van der Waals surface area contributed by atoms with E-state index in [1.165, 1.54) is 25.3 Å². The highest BCUT2D eigenvalue weighted by Gasteiger charge is 2.46. The molecule has 43 heavy (non-hydrogen) atoms. The van der Waals surface area contributed by atoms with Gasteiger partial charge in [0.2, 0.25) is 0 Å². The van der Waals surface area contributed by atoms with E-state index >= 15 is 0 Å². The number of rotatable bonds is 6. The van der Waals surface area contributed by atoms with Crippen LogP contribution in [0.2, 0.25) is 0 Å². The fourth-order valence-electron chi connectivity index (χ4n) is 7.49. The van der Waals surface area contributed by atoms with Gasteiger partial charge in [-0.3, -0.25) is 4.79 Å². The zero-order chi connectivity index (χ0) is 29.6. The van der Waals surface area contributed by atoms with Gasteiger partial charge in [0, 0.05) is 48.8 Å². The number of hydrogen-bond acceptors (Lipinski definition) is 6. The minimum absolute atomic E-state index is 0.0100. The lowest BCUT2D eigenvalue weighted by Gasteiger charge is -2.27. The summed E-state index contributed by atoms with van der Waals surface area (Å²) < 4.78 is 10.1. The van der Waals surface area contributed by atoms with Crippen LogP contribution in [0.25, 0.3) is 44.8 Å². The fourth-order valence-corrected chi connectivity index (χ4v) is 7.49. The molecule has 2 N–H and O–H groups in total. The van der Waals surface area contributed by atoms with E-state index in [0.29, 0.717) is 46.4 Å². The molecule has 2 unspecified atom stereocenters. The molecule has 3 fully saturated rings. The number of hydrogen-bond donors (Lipinski definition) is 2. The van der Waals surface area contributed by atoms with Gasteiger partial charge in [-0.1, -0.05) is 6.92 Å². The van der Waals surface area contributed by atoms with Crippen LogP contribution in [0.15, 0.2) is 48.5 Å². The number of fused-ring (bicyclic) bond motifs is 4. The summed E-state index contributed by atoms with van der Waals surface area (Å²) in [6, 6.07) is 14.7. The number of aryl methyl sites for hydroxylation is 1. The van der Waals surface area contributed by atoms with E-state index < -0.39 is 0 Å². The normalized spacial score (nSPS) is 21.4. The quantitative estimate of drug-likeness (QED) is 0.258. The van der Waals surface area contributed by atoms with Crippen LogP contribution in [0, 0.1) is 17.8 Å². The first kappa shape index (κ1) is 26.1. The van der Waals surface area contributed by atoms with Crippen molar-refractivity contribution in [3.05, 3.63) is 54.1 Å². The Bertz CT molecular complexity index is 1920. The number of methoxy groups -OCH3 is 1. The molecular weight excluding hydrogens is 542 g/mol. The molecule has 2 bridgehead atoms. The summed E-state index contributed by atoms with van der Waals surface area (Å²) in [7, 11) is 3.63. The molecular formula is C34H35N5O4. The third-order valence-electron chi connectivity index (χ3n) is 9.99. The van der Waals surface area contributed by atoms with Gasteiger partial charge in [-0.2, -0.15) is 0 Å². The molecule has 3 atom stereocenters. The van der Waals surface area contributed by atoms with Gasteiger partial charge in [0.25, 0.3) is 5.91 Å². The maximum Gasteiger partial charge on any atom is 0.254 e. The molecule has 5 aromatic rings. The van der Waals surface area contributed by atoms with Gasteiger partial charge in [-0.15, -0.1) is 0 Å². The van der Waals surface area contributed by atoms with E-state index in [0.717, 1.165) is 53.1 Å². The van der Waals surface area contributed by atoms with Crippen LogP contribution in [0.3, 0.4) is 0 Å². The Morgan fingerprint density at radius 1 is 1.00 bits per heavy atom. The number of phenolic OH excluding ortho intramolecular Hbond substituents is 2. The Balaban J connectivity index is 1.25. The summed E-state index contributed by atoms with van der Waals surface area (Å²) in [6.07, 6.45) is 4.65. The number of phenols is 2. The van der Waals surface area contributed by atoms with Gasteiger partial charge in [0.15, 0.2) is 5.82 Å². The van der Waals surface area contributed by atoms with Crippen molar-refractivity contribution in [1.29, 1.82) is 0 Å². The second-order valence-corrected chi connectivity index (χ2v) is 12.7. The van der Waals surface area contributed by atoms with E-state index in [9.17, 15) is 15.0 Å². The van der Waals surface area contributed by atoms with E-state index in [2.05, 4.69) is 22.5 Å². The number of aromatic hydroxyl groups is 2. The van der Waals surface area contributed by atoms with Crippen molar-refractivity contribution in [2.24, 2.45) is 24.8 Å². The smallest absolute Gasteiger partial charge is 0.254 e. The molecule has 3 aromatic heterocycles. The van der Waals surface area contributed by atoms with Gasteiger partial charge < -0.3 is 29.0 Å². The second kappa shape index (κ2) is 9.49. The molecule has 0 radical (unpaired) electrons. The molecule has 3 aliphatic rings. The van der Waals surface area contributed by atoms with Crippen molar-refractivity contribution in [3.63, 3.8) is 0 Å². The molecule has 9 nitrogen and oxygen atoms in total. The SMILES string of the molecule is COc1cc(C(=O)N2CC3CCC2[C@@H]3C)cc2nc(-c3cc4ccc(-c5cc(O)cc(O)c5)nc4n3CC3CC3)n(C)c12. The van der Waals surface area contributed by atoms with E-state index in [1.807, 2.05) is 35.9 Å². The van der Waals surface area contributed by atoms with Gasteiger partial charge in [0.1, 0.15) is 28.4 Å². The third-order valence-corrected chi connectivity index (χ3v) is 9.99. The summed E-state index contributed by atoms with van der Waals surface area (Å²) in [5.74, 6) is 3.18. The number of piperidine rings is 1. The maximum atomic E-state index is 13.7. The van der Waals surface area contributed by atoms with Crippen LogP contribution in [-0.4, -0.2) is 59.8 Å². The number of pyridine rings is 1. The highest BCUT2D eigenvalue weighted by molar-refractivity contribution is 6.00. The number of carbonyl (C=O) groups is 1. The fraction of sp³-hybridized carbons (Fsp3) is 0.382. The van der Waals surface area contributed by atoms with Crippen molar-refractivity contribution < 1.29 is 19.7 Å². The zero-order valence-electron chi connectivity index (χ0n) is 24.6. The van der Waals surface area contributed by atoms with E-state index in [4.69, 9.17) is 14.7 Å². The van der Waals surface area contributed by atoms with Gasteiger partial charge in [0.05, 0.1) is 24.0 Å². The van der Waals surface area contributed by atoms with Gasteiger partial charge in [-0.25, -0.2) is 9.97 Å². The van der Waals surface area contributed by atoms with E-state index in [-0.39, 0.29) is 17.4 Å². The highest BCUT2D eigenvalue weighted by Crippen LogP contribution is 2.44. The molecule has 2 aromatic carbocycles.